The molecule has 1 aliphatic carbocycles. The van der Waals surface area contributed by atoms with E-state index in [9.17, 15) is 13.7 Å². The molecule has 4 rings (SSSR count). The summed E-state index contributed by atoms with van der Waals surface area (Å²) in [5.41, 5.74) is 3.85. The second-order valence-electron chi connectivity index (χ2n) is 7.22. The molecule has 1 saturated carbocycles. The van der Waals surface area contributed by atoms with E-state index in [0.29, 0.717) is 17.2 Å². The summed E-state index contributed by atoms with van der Waals surface area (Å²) in [6, 6.07) is 15.3. The first-order valence-corrected chi connectivity index (χ1v) is 11.0. The summed E-state index contributed by atoms with van der Waals surface area (Å²) in [5, 5.41) is 10.8. The van der Waals surface area contributed by atoms with Crippen LogP contribution in [0, 0.1) is 17.2 Å². The summed E-state index contributed by atoms with van der Waals surface area (Å²) in [5.74, 6) is 1.38. The molecule has 0 radical (unpaired) electrons. The van der Waals surface area contributed by atoms with Crippen molar-refractivity contribution in [3.63, 3.8) is 0 Å². The molecule has 7 heteroatoms. The van der Waals surface area contributed by atoms with Crippen molar-refractivity contribution < 1.29 is 13.2 Å². The minimum atomic E-state index is -3.33. The Hall–Kier alpha value is -2.98. The molecule has 2 aromatic carbocycles. The highest BCUT2D eigenvalue weighted by molar-refractivity contribution is 7.92. The van der Waals surface area contributed by atoms with Gasteiger partial charge in [-0.05, 0) is 48.6 Å². The predicted octanol–water partition coefficient (Wildman–Crippen LogP) is 3.97. The number of fused-ring (bicyclic) bond motifs is 1. The largest absolute Gasteiger partial charge is 0.497 e. The SMILES string of the molecule is COc1ccc2c(C#N)c(-c3ccc(NS(C)(=O)=O)cc3)n(CC3CC3)c2c1. The molecule has 0 bridgehead atoms. The van der Waals surface area contributed by atoms with Crippen LogP contribution in [0.2, 0.25) is 0 Å². The van der Waals surface area contributed by atoms with Crippen molar-refractivity contribution in [1.82, 2.24) is 4.57 Å². The van der Waals surface area contributed by atoms with Crippen LogP contribution in [0.15, 0.2) is 42.5 Å². The smallest absolute Gasteiger partial charge is 0.229 e. The molecule has 0 saturated heterocycles. The molecule has 6 nitrogen and oxygen atoms in total. The third-order valence-corrected chi connectivity index (χ3v) is 5.59. The fraction of sp³-hybridized carbons (Fsp3) is 0.286. The number of hydrogen-bond acceptors (Lipinski definition) is 4. The molecule has 28 heavy (non-hydrogen) atoms. The van der Waals surface area contributed by atoms with Gasteiger partial charge in [0.1, 0.15) is 11.8 Å². The van der Waals surface area contributed by atoms with Gasteiger partial charge in [0.25, 0.3) is 0 Å². The summed E-state index contributed by atoms with van der Waals surface area (Å²) in [6.45, 7) is 0.851. The van der Waals surface area contributed by atoms with E-state index < -0.39 is 10.0 Å². The van der Waals surface area contributed by atoms with Crippen molar-refractivity contribution in [3.05, 3.63) is 48.0 Å². The molecule has 1 N–H and O–H groups in total. The second kappa shape index (κ2) is 6.88. The average Bonchev–Trinajstić information content (AvgIpc) is 3.43. The van der Waals surface area contributed by atoms with E-state index in [-0.39, 0.29) is 0 Å². The molecular weight excluding hydrogens is 374 g/mol. The number of ether oxygens (including phenoxy) is 1. The first-order chi connectivity index (χ1) is 13.4. The first-order valence-electron chi connectivity index (χ1n) is 9.08. The fourth-order valence-electron chi connectivity index (χ4n) is 3.53. The predicted molar refractivity (Wildman–Crippen MR) is 110 cm³/mol. The van der Waals surface area contributed by atoms with E-state index in [0.717, 1.165) is 40.7 Å². The van der Waals surface area contributed by atoms with Crippen LogP contribution < -0.4 is 9.46 Å². The highest BCUT2D eigenvalue weighted by Crippen LogP contribution is 2.39. The number of rotatable bonds is 6. The van der Waals surface area contributed by atoms with Gasteiger partial charge in [-0.25, -0.2) is 8.42 Å². The Morgan fingerprint density at radius 1 is 1.21 bits per heavy atom. The van der Waals surface area contributed by atoms with Gasteiger partial charge in [-0.15, -0.1) is 0 Å². The highest BCUT2D eigenvalue weighted by Gasteiger charge is 2.26. The lowest BCUT2D eigenvalue weighted by atomic mass is 10.1. The quantitative estimate of drug-likeness (QED) is 0.684. The number of anilines is 1. The van der Waals surface area contributed by atoms with Crippen molar-refractivity contribution in [3.8, 4) is 23.1 Å². The standard InChI is InChI=1S/C21H21N3O3S/c1-27-17-9-10-18-19(12-22)21(24(20(18)11-17)13-14-3-4-14)15-5-7-16(8-6-15)23-28(2,25)26/h5-11,14,23H,3-4,13H2,1-2H3. The van der Waals surface area contributed by atoms with Crippen molar-refractivity contribution >= 4 is 26.6 Å². The van der Waals surface area contributed by atoms with Gasteiger partial charge in [0, 0.05) is 23.7 Å². The zero-order valence-corrected chi connectivity index (χ0v) is 16.6. The molecule has 1 heterocycles. The maximum absolute atomic E-state index is 11.4. The van der Waals surface area contributed by atoms with Crippen LogP contribution in [-0.4, -0.2) is 26.4 Å². The number of methoxy groups -OCH3 is 1. The number of nitrogens with one attached hydrogen (secondary N) is 1. The molecule has 1 aliphatic rings. The molecule has 0 unspecified atom stereocenters. The summed E-state index contributed by atoms with van der Waals surface area (Å²) in [7, 11) is -1.70. The molecule has 1 fully saturated rings. The van der Waals surface area contributed by atoms with Crippen LogP contribution in [0.25, 0.3) is 22.2 Å². The minimum absolute atomic E-state index is 0.497. The molecule has 1 aromatic heterocycles. The zero-order valence-electron chi connectivity index (χ0n) is 15.8. The maximum Gasteiger partial charge on any atom is 0.229 e. The van der Waals surface area contributed by atoms with Gasteiger partial charge < -0.3 is 9.30 Å². The van der Waals surface area contributed by atoms with Crippen molar-refractivity contribution in [2.45, 2.75) is 19.4 Å². The Balaban J connectivity index is 1.88. The van der Waals surface area contributed by atoms with Gasteiger partial charge in [0.2, 0.25) is 10.0 Å². The average molecular weight is 395 g/mol. The fourth-order valence-corrected chi connectivity index (χ4v) is 4.09. The third kappa shape index (κ3) is 3.56. The summed E-state index contributed by atoms with van der Waals surface area (Å²) in [4.78, 5) is 0. The second-order valence-corrected chi connectivity index (χ2v) is 8.97. The van der Waals surface area contributed by atoms with E-state index in [1.807, 2.05) is 30.3 Å². The van der Waals surface area contributed by atoms with E-state index in [1.165, 1.54) is 12.8 Å². The van der Waals surface area contributed by atoms with Crippen LogP contribution >= 0.6 is 0 Å². The van der Waals surface area contributed by atoms with Gasteiger partial charge >= 0.3 is 0 Å². The van der Waals surface area contributed by atoms with E-state index >= 15 is 0 Å². The Kier molecular flexibility index (Phi) is 4.52. The number of aromatic nitrogens is 1. The van der Waals surface area contributed by atoms with Crippen LogP contribution in [0.3, 0.4) is 0 Å². The first kappa shape index (κ1) is 18.4. The molecule has 0 atom stereocenters. The molecule has 0 aliphatic heterocycles. The molecule has 0 spiro atoms. The van der Waals surface area contributed by atoms with Gasteiger partial charge in [0.15, 0.2) is 0 Å². The molecule has 144 valence electrons. The van der Waals surface area contributed by atoms with Crippen molar-refractivity contribution in [1.29, 1.82) is 5.26 Å². The van der Waals surface area contributed by atoms with Crippen LogP contribution in [0.5, 0.6) is 5.75 Å². The van der Waals surface area contributed by atoms with Crippen LogP contribution in [-0.2, 0) is 16.6 Å². The Morgan fingerprint density at radius 3 is 2.50 bits per heavy atom. The molecule has 3 aromatic rings. The lowest BCUT2D eigenvalue weighted by Gasteiger charge is -2.12. The van der Waals surface area contributed by atoms with Crippen LogP contribution in [0.1, 0.15) is 18.4 Å². The number of nitrogens with zero attached hydrogens (tertiary/aromatic N) is 2. The lowest BCUT2D eigenvalue weighted by Crippen LogP contribution is -2.09. The summed E-state index contributed by atoms with van der Waals surface area (Å²) < 4.78 is 33.0. The van der Waals surface area contributed by atoms with E-state index in [2.05, 4.69) is 15.4 Å². The van der Waals surface area contributed by atoms with Gasteiger partial charge in [-0.3, -0.25) is 4.72 Å². The van der Waals surface area contributed by atoms with Gasteiger partial charge in [-0.1, -0.05) is 12.1 Å². The normalized spacial score (nSPS) is 14.0. The maximum atomic E-state index is 11.4. The van der Waals surface area contributed by atoms with Gasteiger partial charge in [0.05, 0.1) is 30.1 Å². The van der Waals surface area contributed by atoms with Crippen LogP contribution in [0.4, 0.5) is 5.69 Å². The van der Waals surface area contributed by atoms with Crippen molar-refractivity contribution in [2.24, 2.45) is 5.92 Å². The third-order valence-electron chi connectivity index (χ3n) is 4.98. The highest BCUT2D eigenvalue weighted by atomic mass is 32.2. The van der Waals surface area contributed by atoms with E-state index in [4.69, 9.17) is 4.74 Å². The molecule has 0 amide bonds. The van der Waals surface area contributed by atoms with Crippen molar-refractivity contribution in [2.75, 3.05) is 18.1 Å². The number of sulfonamides is 1. The summed E-state index contributed by atoms with van der Waals surface area (Å²) in [6.07, 6.45) is 3.51. The zero-order chi connectivity index (χ0) is 19.9. The Morgan fingerprint density at radius 2 is 1.93 bits per heavy atom. The molecular formula is C21H21N3O3S. The number of hydrogen-bond donors (Lipinski definition) is 1. The van der Waals surface area contributed by atoms with Gasteiger partial charge in [-0.2, -0.15) is 5.26 Å². The summed E-state index contributed by atoms with van der Waals surface area (Å²) >= 11 is 0. The van der Waals surface area contributed by atoms with E-state index in [1.54, 1.807) is 19.2 Å². The Labute approximate surface area is 164 Å². The number of benzene rings is 2. The Bertz CT molecular complexity index is 1180. The monoisotopic (exact) mass is 395 g/mol. The lowest BCUT2D eigenvalue weighted by molar-refractivity contribution is 0.415. The topological polar surface area (TPSA) is 84.1 Å². The minimum Gasteiger partial charge on any atom is -0.497 e. The number of nitriles is 1.